The fourth-order valence-electron chi connectivity index (χ4n) is 2.58. The van der Waals surface area contributed by atoms with Crippen LogP contribution in [0.2, 0.25) is 0 Å². The maximum atomic E-state index is 13.3. The molecule has 13 heteroatoms. The van der Waals surface area contributed by atoms with Crippen LogP contribution in [0.15, 0.2) is 82.6 Å². The minimum absolute atomic E-state index is 0.163. The quantitative estimate of drug-likeness (QED) is 0.383. The van der Waals surface area contributed by atoms with Crippen LogP contribution in [0.25, 0.3) is 0 Å². The van der Waals surface area contributed by atoms with E-state index in [-0.39, 0.29) is 20.8 Å². The first-order chi connectivity index (χ1) is 14.5. The van der Waals surface area contributed by atoms with Gasteiger partial charge in [-0.05, 0) is 42.5 Å². The third-order valence-corrected chi connectivity index (χ3v) is 8.25. The molecule has 0 spiro atoms. The van der Waals surface area contributed by atoms with E-state index in [0.717, 1.165) is 48.5 Å². The summed E-state index contributed by atoms with van der Waals surface area (Å²) in [6.45, 7) is 0. The Morgan fingerprint density at radius 1 is 0.645 bits per heavy atom. The van der Waals surface area contributed by atoms with E-state index in [4.69, 9.17) is 0 Å². The van der Waals surface area contributed by atoms with Crippen molar-refractivity contribution in [2.24, 2.45) is 0 Å². The van der Waals surface area contributed by atoms with Gasteiger partial charge in [-0.25, -0.2) is 16.8 Å². The fraction of sp³-hybridized carbons (Fsp3) is 0. The van der Waals surface area contributed by atoms with Crippen molar-refractivity contribution in [1.29, 1.82) is 0 Å². The van der Waals surface area contributed by atoms with Crippen molar-refractivity contribution in [2.45, 2.75) is 9.79 Å². The van der Waals surface area contributed by atoms with E-state index >= 15 is 0 Å². The number of hydrogen-bond acceptors (Lipinski definition) is 8. The van der Waals surface area contributed by atoms with Gasteiger partial charge in [0.15, 0.2) is 0 Å². The topological polar surface area (TPSA) is 158 Å². The average molecular weight is 462 g/mol. The van der Waals surface area contributed by atoms with E-state index in [9.17, 15) is 37.1 Å². The van der Waals surface area contributed by atoms with Crippen molar-refractivity contribution in [3.63, 3.8) is 0 Å². The molecule has 0 atom stereocenters. The number of benzene rings is 3. The van der Waals surface area contributed by atoms with Crippen LogP contribution in [0, 0.1) is 26.3 Å². The summed E-state index contributed by atoms with van der Waals surface area (Å²) in [6, 6.07) is 15.1. The second-order valence-electron chi connectivity index (χ2n) is 5.97. The molecule has 0 aromatic heterocycles. The van der Waals surface area contributed by atoms with Crippen LogP contribution in [0.1, 0.15) is 0 Å². The van der Waals surface area contributed by atoms with Crippen LogP contribution in [-0.4, -0.2) is 26.7 Å². The highest BCUT2D eigenvalue weighted by molar-refractivity contribution is 8.10. The number of non-ortho nitro benzene ring substituents is 2. The maximum Gasteiger partial charge on any atom is 0.277 e. The minimum Gasteiger partial charge on any atom is -0.258 e. The van der Waals surface area contributed by atoms with E-state index < -0.39 is 39.7 Å². The zero-order chi connectivity index (χ0) is 22.8. The Morgan fingerprint density at radius 2 is 1.00 bits per heavy atom. The molecule has 0 saturated heterocycles. The lowest BCUT2D eigenvalue weighted by atomic mass is 10.3. The van der Waals surface area contributed by atoms with Crippen LogP contribution < -0.4 is 3.71 Å². The largest absolute Gasteiger partial charge is 0.277 e. The van der Waals surface area contributed by atoms with Gasteiger partial charge < -0.3 is 0 Å². The number of anilines is 1. The second kappa shape index (κ2) is 8.12. The summed E-state index contributed by atoms with van der Waals surface area (Å²) in [7, 11) is -9.51. The summed E-state index contributed by atoms with van der Waals surface area (Å²) in [5.74, 6) is 0. The molecular formula is C18H12N3O8S2. The molecule has 0 aliphatic heterocycles. The SMILES string of the molecule is O=[N+]([O-])c1ccc(S(=O)(=O)N(c2cc[c]cc2)S(=O)(=O)c2ccc([N+](=O)[O-])cc2)cc1. The normalized spacial score (nSPS) is 11.6. The Balaban J connectivity index is 2.19. The summed E-state index contributed by atoms with van der Waals surface area (Å²) in [5, 5.41) is 21.7. The van der Waals surface area contributed by atoms with Gasteiger partial charge >= 0.3 is 0 Å². The monoisotopic (exact) mass is 462 g/mol. The summed E-state index contributed by atoms with van der Waals surface area (Å²) in [4.78, 5) is 19.2. The number of hydrogen-bond donors (Lipinski definition) is 0. The average Bonchev–Trinajstić information content (AvgIpc) is 2.74. The minimum atomic E-state index is -4.75. The highest BCUT2D eigenvalue weighted by atomic mass is 32.3. The number of nitro groups is 2. The van der Waals surface area contributed by atoms with Crippen molar-refractivity contribution >= 4 is 37.1 Å². The smallest absolute Gasteiger partial charge is 0.258 e. The van der Waals surface area contributed by atoms with Gasteiger partial charge in [0.2, 0.25) is 0 Å². The molecule has 0 bridgehead atoms. The van der Waals surface area contributed by atoms with Crippen molar-refractivity contribution < 1.29 is 26.7 Å². The molecule has 0 aliphatic carbocycles. The van der Waals surface area contributed by atoms with E-state index in [1.54, 1.807) is 0 Å². The lowest BCUT2D eigenvalue weighted by Gasteiger charge is -2.24. The molecule has 3 aromatic carbocycles. The highest BCUT2D eigenvalue weighted by Crippen LogP contribution is 2.31. The lowest BCUT2D eigenvalue weighted by Crippen LogP contribution is -2.37. The molecular weight excluding hydrogens is 450 g/mol. The van der Waals surface area contributed by atoms with Crippen molar-refractivity contribution in [1.82, 2.24) is 0 Å². The predicted octanol–water partition coefficient (Wildman–Crippen LogP) is 2.89. The molecule has 0 aliphatic rings. The molecule has 3 aromatic rings. The van der Waals surface area contributed by atoms with Crippen molar-refractivity contribution in [3.8, 4) is 0 Å². The molecule has 0 fully saturated rings. The number of nitro benzene ring substituents is 2. The first-order valence-corrected chi connectivity index (χ1v) is 11.2. The van der Waals surface area contributed by atoms with Crippen LogP contribution in [-0.2, 0) is 20.0 Å². The Hall–Kier alpha value is -3.84. The van der Waals surface area contributed by atoms with Crippen molar-refractivity contribution in [2.75, 3.05) is 3.71 Å². The number of sulfonamides is 2. The van der Waals surface area contributed by atoms with Crippen LogP contribution in [0.5, 0.6) is 0 Å². The van der Waals surface area contributed by atoms with Gasteiger partial charge in [0.1, 0.15) is 0 Å². The maximum absolute atomic E-state index is 13.3. The zero-order valence-corrected chi connectivity index (χ0v) is 17.0. The van der Waals surface area contributed by atoms with Crippen LogP contribution in [0.3, 0.4) is 0 Å². The molecule has 1 radical (unpaired) electrons. The summed E-state index contributed by atoms with van der Waals surface area (Å²) < 4.78 is 53.2. The fourth-order valence-corrected chi connectivity index (χ4v) is 6.27. The Morgan fingerprint density at radius 3 is 1.32 bits per heavy atom. The Labute approximate surface area is 176 Å². The molecule has 0 amide bonds. The van der Waals surface area contributed by atoms with Gasteiger partial charge in [0.05, 0.1) is 25.3 Å². The van der Waals surface area contributed by atoms with Gasteiger partial charge in [-0.15, -0.1) is 0 Å². The molecule has 0 saturated carbocycles. The molecule has 11 nitrogen and oxygen atoms in total. The molecule has 0 unspecified atom stereocenters. The first kappa shape index (κ1) is 21.9. The molecule has 0 N–H and O–H groups in total. The summed E-state index contributed by atoms with van der Waals surface area (Å²) in [5.41, 5.74) is -0.994. The third-order valence-electron chi connectivity index (χ3n) is 4.04. The first-order valence-electron chi connectivity index (χ1n) is 8.31. The van der Waals surface area contributed by atoms with E-state index in [1.807, 2.05) is 0 Å². The molecule has 31 heavy (non-hydrogen) atoms. The second-order valence-corrected chi connectivity index (χ2v) is 9.77. The van der Waals surface area contributed by atoms with E-state index in [0.29, 0.717) is 0 Å². The molecule has 3 rings (SSSR count). The van der Waals surface area contributed by atoms with Crippen LogP contribution >= 0.6 is 0 Å². The van der Waals surface area contributed by atoms with Gasteiger partial charge in [0, 0.05) is 24.3 Å². The number of rotatable bonds is 7. The van der Waals surface area contributed by atoms with Crippen molar-refractivity contribution in [3.05, 3.63) is 99.1 Å². The van der Waals surface area contributed by atoms with E-state index in [1.165, 1.54) is 24.3 Å². The Kier molecular flexibility index (Phi) is 5.73. The summed E-state index contributed by atoms with van der Waals surface area (Å²) >= 11 is 0. The van der Waals surface area contributed by atoms with Crippen LogP contribution in [0.4, 0.5) is 17.1 Å². The van der Waals surface area contributed by atoms with Gasteiger partial charge in [0.25, 0.3) is 31.4 Å². The highest BCUT2D eigenvalue weighted by Gasteiger charge is 2.37. The molecule has 159 valence electrons. The Bertz CT molecular complexity index is 1250. The third kappa shape index (κ3) is 4.22. The lowest BCUT2D eigenvalue weighted by molar-refractivity contribution is -0.385. The molecule has 0 heterocycles. The van der Waals surface area contributed by atoms with E-state index in [2.05, 4.69) is 6.07 Å². The van der Waals surface area contributed by atoms with Gasteiger partial charge in [-0.1, -0.05) is 12.1 Å². The van der Waals surface area contributed by atoms with Gasteiger partial charge in [-0.2, -0.15) is 3.71 Å². The predicted molar refractivity (Wildman–Crippen MR) is 108 cm³/mol. The van der Waals surface area contributed by atoms with Gasteiger partial charge in [-0.3, -0.25) is 20.2 Å². The summed E-state index contributed by atoms with van der Waals surface area (Å²) in [6.07, 6.45) is 0. The zero-order valence-electron chi connectivity index (χ0n) is 15.4. The standard InChI is InChI=1S/C18H12N3O8S2/c22-19(23)14-6-10-17(11-7-14)30(26,27)21(16-4-2-1-3-5-16)31(28,29)18-12-8-15(9-13-18)20(24)25/h2-13H. The number of nitrogens with zero attached hydrogens (tertiary/aromatic N) is 3.